The van der Waals surface area contributed by atoms with Crippen LogP contribution in [0.25, 0.3) is 0 Å². The zero-order valence-electron chi connectivity index (χ0n) is 14.6. The minimum Gasteiger partial charge on any atom is -0.378 e. The van der Waals surface area contributed by atoms with Crippen LogP contribution in [0.1, 0.15) is 22.0 Å². The highest BCUT2D eigenvalue weighted by atomic mass is 35.5. The molecule has 0 fully saturated rings. The smallest absolute Gasteiger partial charge is 0.251 e. The average Bonchev–Trinajstić information content (AvgIpc) is 2.55. The summed E-state index contributed by atoms with van der Waals surface area (Å²) >= 11 is 5.95. The van der Waals surface area contributed by atoms with Crippen molar-refractivity contribution in [1.29, 1.82) is 0 Å². The molecule has 0 saturated carbocycles. The third-order valence-electron chi connectivity index (χ3n) is 3.96. The number of nitrogens with one attached hydrogen (secondary N) is 1. The number of benzene rings is 2. The Bertz CT molecular complexity index is 683. The van der Waals surface area contributed by atoms with Crippen LogP contribution >= 0.6 is 11.6 Å². The molecule has 2 aromatic carbocycles. The molecular weight excluding hydrogens is 322 g/mol. The van der Waals surface area contributed by atoms with E-state index in [0.29, 0.717) is 17.1 Å². The number of halogens is 1. The average molecular weight is 346 g/mol. The molecule has 1 N–H and O–H groups in total. The molecule has 0 aliphatic carbocycles. The second-order valence-electron chi connectivity index (χ2n) is 6.19. The van der Waals surface area contributed by atoms with Gasteiger partial charge in [-0.05, 0) is 50.0 Å². The number of hydrogen-bond acceptors (Lipinski definition) is 3. The van der Waals surface area contributed by atoms with E-state index in [9.17, 15) is 4.79 Å². The van der Waals surface area contributed by atoms with Crippen molar-refractivity contribution >= 4 is 23.2 Å². The Labute approximate surface area is 149 Å². The predicted molar refractivity (Wildman–Crippen MR) is 101 cm³/mol. The van der Waals surface area contributed by atoms with Gasteiger partial charge in [-0.1, -0.05) is 29.8 Å². The van der Waals surface area contributed by atoms with Gasteiger partial charge in [-0.2, -0.15) is 0 Å². The Morgan fingerprint density at radius 3 is 2.29 bits per heavy atom. The molecule has 0 unspecified atom stereocenters. The fourth-order valence-electron chi connectivity index (χ4n) is 2.51. The van der Waals surface area contributed by atoms with Crippen LogP contribution in [0.2, 0.25) is 5.02 Å². The van der Waals surface area contributed by atoms with E-state index in [4.69, 9.17) is 11.6 Å². The lowest BCUT2D eigenvalue weighted by Crippen LogP contribution is -2.34. The molecule has 0 radical (unpaired) electrons. The number of amides is 1. The summed E-state index contributed by atoms with van der Waals surface area (Å²) in [4.78, 5) is 16.5. The Hall–Kier alpha value is -2.04. The number of carbonyl (C=O) groups is 1. The summed E-state index contributed by atoms with van der Waals surface area (Å²) < 4.78 is 0. The summed E-state index contributed by atoms with van der Waals surface area (Å²) in [6, 6.07) is 15.5. The summed E-state index contributed by atoms with van der Waals surface area (Å²) in [7, 11) is 8.05. The number of likely N-dealkylation sites (N-methyl/N-ethyl adjacent to an activating group) is 1. The van der Waals surface area contributed by atoms with Crippen LogP contribution in [0.5, 0.6) is 0 Å². The van der Waals surface area contributed by atoms with Gasteiger partial charge in [0.05, 0.1) is 6.04 Å². The summed E-state index contributed by atoms with van der Waals surface area (Å²) in [5.41, 5.74) is 2.89. The van der Waals surface area contributed by atoms with E-state index in [0.717, 1.165) is 11.3 Å². The normalized spacial score (nSPS) is 12.1. The largest absolute Gasteiger partial charge is 0.378 e. The molecule has 2 aromatic rings. The highest BCUT2D eigenvalue weighted by Crippen LogP contribution is 2.21. The SMILES string of the molecule is CN(C)c1ccc([C@H](CNC(=O)c2cccc(Cl)c2)N(C)C)cc1. The van der Waals surface area contributed by atoms with E-state index in [1.165, 1.54) is 0 Å². The first-order valence-electron chi connectivity index (χ1n) is 7.86. The third kappa shape index (κ3) is 4.73. The molecule has 128 valence electrons. The summed E-state index contributed by atoms with van der Waals surface area (Å²) in [6.07, 6.45) is 0. The van der Waals surface area contributed by atoms with Gasteiger partial charge < -0.3 is 15.1 Å². The van der Waals surface area contributed by atoms with Gasteiger partial charge >= 0.3 is 0 Å². The molecule has 2 rings (SSSR count). The van der Waals surface area contributed by atoms with E-state index in [1.54, 1.807) is 24.3 Å². The monoisotopic (exact) mass is 345 g/mol. The molecule has 24 heavy (non-hydrogen) atoms. The molecular formula is C19H24ClN3O. The van der Waals surface area contributed by atoms with E-state index >= 15 is 0 Å². The molecule has 0 aliphatic heterocycles. The molecule has 5 heteroatoms. The maximum absolute atomic E-state index is 12.3. The topological polar surface area (TPSA) is 35.6 Å². The number of anilines is 1. The number of rotatable bonds is 6. The maximum atomic E-state index is 12.3. The number of nitrogens with zero attached hydrogens (tertiary/aromatic N) is 2. The van der Waals surface area contributed by atoms with Crippen LogP contribution in [0, 0.1) is 0 Å². The quantitative estimate of drug-likeness (QED) is 0.871. The predicted octanol–water partition coefficient (Wildman–Crippen LogP) is 3.44. The first-order chi connectivity index (χ1) is 11.4. The zero-order chi connectivity index (χ0) is 17.7. The van der Waals surface area contributed by atoms with Crippen LogP contribution in [-0.4, -0.2) is 45.5 Å². The van der Waals surface area contributed by atoms with Crippen molar-refractivity contribution in [1.82, 2.24) is 10.2 Å². The lowest BCUT2D eigenvalue weighted by Gasteiger charge is -2.26. The van der Waals surface area contributed by atoms with Crippen LogP contribution in [0.4, 0.5) is 5.69 Å². The number of carbonyl (C=O) groups excluding carboxylic acids is 1. The van der Waals surface area contributed by atoms with E-state index < -0.39 is 0 Å². The summed E-state index contributed by atoms with van der Waals surface area (Å²) in [6.45, 7) is 0.527. The molecule has 1 amide bonds. The molecule has 0 aliphatic rings. The number of hydrogen-bond donors (Lipinski definition) is 1. The Morgan fingerprint density at radius 2 is 1.75 bits per heavy atom. The van der Waals surface area contributed by atoms with Crippen molar-refractivity contribution in [2.24, 2.45) is 0 Å². The van der Waals surface area contributed by atoms with Crippen LogP contribution in [0.15, 0.2) is 48.5 Å². The van der Waals surface area contributed by atoms with E-state index in [2.05, 4.69) is 39.4 Å². The standard InChI is InChI=1S/C19H24ClN3O/c1-22(2)17-10-8-14(9-11-17)18(23(3)4)13-21-19(24)15-6-5-7-16(20)12-15/h5-12,18H,13H2,1-4H3,(H,21,24)/t18-/m0/s1. The lowest BCUT2D eigenvalue weighted by molar-refractivity contribution is 0.0942. The Morgan fingerprint density at radius 1 is 1.08 bits per heavy atom. The second-order valence-corrected chi connectivity index (χ2v) is 6.62. The Kier molecular flexibility index (Phi) is 6.23. The van der Waals surface area contributed by atoms with Crippen LogP contribution in [0.3, 0.4) is 0 Å². The van der Waals surface area contributed by atoms with Crippen molar-refractivity contribution in [3.05, 3.63) is 64.7 Å². The molecule has 1 atom stereocenters. The molecule has 0 bridgehead atoms. The van der Waals surface area contributed by atoms with Crippen LogP contribution in [-0.2, 0) is 0 Å². The van der Waals surface area contributed by atoms with Crippen molar-refractivity contribution < 1.29 is 4.79 Å². The Balaban J connectivity index is 2.07. The van der Waals surface area contributed by atoms with Gasteiger partial charge in [0, 0.05) is 36.9 Å². The van der Waals surface area contributed by atoms with Gasteiger partial charge in [0.15, 0.2) is 0 Å². The van der Waals surface area contributed by atoms with Crippen molar-refractivity contribution in [3.8, 4) is 0 Å². The van der Waals surface area contributed by atoms with Crippen molar-refractivity contribution in [2.45, 2.75) is 6.04 Å². The fourth-order valence-corrected chi connectivity index (χ4v) is 2.70. The summed E-state index contributed by atoms with van der Waals surface area (Å²) in [5, 5.41) is 3.55. The fraction of sp³-hybridized carbons (Fsp3) is 0.316. The zero-order valence-corrected chi connectivity index (χ0v) is 15.3. The van der Waals surface area contributed by atoms with Gasteiger partial charge in [-0.3, -0.25) is 4.79 Å². The van der Waals surface area contributed by atoms with Gasteiger partial charge in [0.2, 0.25) is 0 Å². The van der Waals surface area contributed by atoms with Crippen molar-refractivity contribution in [2.75, 3.05) is 39.6 Å². The first kappa shape index (κ1) is 18.3. The van der Waals surface area contributed by atoms with Gasteiger partial charge in [0.25, 0.3) is 5.91 Å². The third-order valence-corrected chi connectivity index (χ3v) is 4.20. The first-order valence-corrected chi connectivity index (χ1v) is 8.23. The van der Waals surface area contributed by atoms with E-state index in [-0.39, 0.29) is 11.9 Å². The molecule has 0 spiro atoms. The van der Waals surface area contributed by atoms with Gasteiger partial charge in [0.1, 0.15) is 0 Å². The minimum atomic E-state index is -0.116. The lowest BCUT2D eigenvalue weighted by atomic mass is 10.0. The highest BCUT2D eigenvalue weighted by molar-refractivity contribution is 6.30. The molecule has 0 saturated heterocycles. The molecule has 0 aromatic heterocycles. The van der Waals surface area contributed by atoms with Gasteiger partial charge in [-0.15, -0.1) is 0 Å². The van der Waals surface area contributed by atoms with E-state index in [1.807, 2.05) is 28.2 Å². The summed E-state index contributed by atoms with van der Waals surface area (Å²) in [5.74, 6) is -0.116. The second kappa shape index (κ2) is 8.18. The maximum Gasteiger partial charge on any atom is 0.251 e. The van der Waals surface area contributed by atoms with Crippen molar-refractivity contribution in [3.63, 3.8) is 0 Å². The minimum absolute atomic E-state index is 0.101. The molecule has 0 heterocycles. The van der Waals surface area contributed by atoms with Gasteiger partial charge in [-0.25, -0.2) is 0 Å². The highest BCUT2D eigenvalue weighted by Gasteiger charge is 2.16. The molecule has 4 nitrogen and oxygen atoms in total. The van der Waals surface area contributed by atoms with Crippen LogP contribution < -0.4 is 10.2 Å².